The van der Waals surface area contributed by atoms with Crippen LogP contribution in [0.15, 0.2) is 18.2 Å². The van der Waals surface area contributed by atoms with Gasteiger partial charge in [0.05, 0.1) is 14.2 Å². The lowest BCUT2D eigenvalue weighted by Crippen LogP contribution is -2.25. The van der Waals surface area contributed by atoms with Crippen molar-refractivity contribution in [3.8, 4) is 11.5 Å². The second-order valence-corrected chi connectivity index (χ2v) is 4.90. The lowest BCUT2D eigenvalue weighted by Gasteiger charge is -2.20. The fraction of sp³-hybridized carbons (Fsp3) is 0.533. The Morgan fingerprint density at radius 3 is 2.42 bits per heavy atom. The van der Waals surface area contributed by atoms with Gasteiger partial charge in [-0.05, 0) is 31.0 Å². The van der Waals surface area contributed by atoms with Gasteiger partial charge >= 0.3 is 0 Å². The van der Waals surface area contributed by atoms with Crippen molar-refractivity contribution in [2.24, 2.45) is 0 Å². The minimum atomic E-state index is 0.127. The maximum atomic E-state index is 12.1. The summed E-state index contributed by atoms with van der Waals surface area (Å²) >= 11 is 0. The Labute approximate surface area is 114 Å². The van der Waals surface area contributed by atoms with Crippen molar-refractivity contribution in [1.29, 1.82) is 0 Å². The second kappa shape index (κ2) is 6.45. The quantitative estimate of drug-likeness (QED) is 0.363. The van der Waals surface area contributed by atoms with Gasteiger partial charge in [-0.1, -0.05) is 6.42 Å². The first-order chi connectivity index (χ1) is 9.24. The van der Waals surface area contributed by atoms with E-state index in [1.807, 2.05) is 18.2 Å². The van der Waals surface area contributed by atoms with Gasteiger partial charge in [0.25, 0.3) is 0 Å². The van der Waals surface area contributed by atoms with E-state index in [9.17, 15) is 5.21 Å². The van der Waals surface area contributed by atoms with Crippen LogP contribution in [0.1, 0.15) is 37.7 Å². The molecule has 0 heterocycles. The monoisotopic (exact) mass is 263 g/mol. The highest BCUT2D eigenvalue weighted by atomic mass is 16.5. The van der Waals surface area contributed by atoms with Crippen molar-refractivity contribution in [3.63, 3.8) is 0 Å². The van der Waals surface area contributed by atoms with Crippen molar-refractivity contribution < 1.29 is 14.2 Å². The van der Waals surface area contributed by atoms with E-state index in [4.69, 9.17) is 9.47 Å². The number of methoxy groups -OCH3 is 2. The SMILES string of the molecule is COc1ccc(C=[N+]([O-])C2CCCCC2)cc1OC. The number of hydrogen-bond acceptors (Lipinski definition) is 3. The van der Waals surface area contributed by atoms with Gasteiger partial charge in [-0.15, -0.1) is 0 Å². The van der Waals surface area contributed by atoms with Gasteiger partial charge in [-0.25, -0.2) is 4.74 Å². The van der Waals surface area contributed by atoms with Crippen molar-refractivity contribution in [3.05, 3.63) is 29.0 Å². The van der Waals surface area contributed by atoms with E-state index < -0.39 is 0 Å². The normalized spacial score (nSPS) is 17.3. The highest BCUT2D eigenvalue weighted by Gasteiger charge is 2.19. The van der Waals surface area contributed by atoms with Crippen molar-refractivity contribution in [1.82, 2.24) is 0 Å². The van der Waals surface area contributed by atoms with Crippen molar-refractivity contribution in [2.45, 2.75) is 38.1 Å². The van der Waals surface area contributed by atoms with Crippen LogP contribution < -0.4 is 9.47 Å². The molecule has 104 valence electrons. The Bertz CT molecular complexity index is 451. The van der Waals surface area contributed by atoms with Crippen molar-refractivity contribution in [2.75, 3.05) is 14.2 Å². The van der Waals surface area contributed by atoms with E-state index in [0.29, 0.717) is 11.5 Å². The molecule has 4 nitrogen and oxygen atoms in total. The molecule has 2 rings (SSSR count). The molecule has 0 aromatic heterocycles. The first-order valence-corrected chi connectivity index (χ1v) is 6.77. The van der Waals surface area contributed by atoms with Gasteiger partial charge in [0, 0.05) is 18.4 Å². The number of hydroxylamine groups is 1. The third kappa shape index (κ3) is 3.40. The molecule has 19 heavy (non-hydrogen) atoms. The number of ether oxygens (including phenoxy) is 2. The van der Waals surface area contributed by atoms with Crippen molar-refractivity contribution >= 4 is 6.21 Å². The third-order valence-electron chi connectivity index (χ3n) is 3.62. The molecule has 0 bridgehead atoms. The third-order valence-corrected chi connectivity index (χ3v) is 3.62. The summed E-state index contributed by atoms with van der Waals surface area (Å²) in [7, 11) is 3.20. The summed E-state index contributed by atoms with van der Waals surface area (Å²) in [6.07, 6.45) is 7.20. The molecular formula is C15H21NO3. The fourth-order valence-corrected chi connectivity index (χ4v) is 2.52. The highest BCUT2D eigenvalue weighted by Crippen LogP contribution is 2.27. The predicted molar refractivity (Wildman–Crippen MR) is 75.2 cm³/mol. The van der Waals surface area contributed by atoms with E-state index in [0.717, 1.165) is 36.0 Å². The van der Waals surface area contributed by atoms with Crippen LogP contribution in [0.2, 0.25) is 0 Å². The molecule has 0 amide bonds. The van der Waals surface area contributed by atoms with Gasteiger partial charge in [-0.2, -0.15) is 0 Å². The fourth-order valence-electron chi connectivity index (χ4n) is 2.52. The van der Waals surface area contributed by atoms with Gasteiger partial charge in [0.1, 0.15) is 0 Å². The standard InChI is InChI=1S/C15H21NO3/c1-18-14-9-8-12(10-15(14)19-2)11-16(17)13-6-4-3-5-7-13/h8-11,13H,3-7H2,1-2H3. The average Bonchev–Trinajstić information content (AvgIpc) is 2.48. The van der Waals surface area contributed by atoms with E-state index in [2.05, 4.69) is 0 Å². The molecule has 1 aliphatic rings. The average molecular weight is 263 g/mol. The van der Waals surface area contributed by atoms with Gasteiger partial charge < -0.3 is 14.7 Å². The Kier molecular flexibility index (Phi) is 4.66. The van der Waals surface area contributed by atoms with E-state index in [1.54, 1.807) is 20.4 Å². The Hall–Kier alpha value is -1.71. The molecule has 4 heteroatoms. The molecule has 0 unspecified atom stereocenters. The molecule has 0 atom stereocenters. The molecule has 0 N–H and O–H groups in total. The topological polar surface area (TPSA) is 44.5 Å². The minimum absolute atomic E-state index is 0.127. The predicted octanol–water partition coefficient (Wildman–Crippen LogP) is 2.97. The molecule has 0 spiro atoms. The first-order valence-electron chi connectivity index (χ1n) is 6.77. The van der Waals surface area contributed by atoms with E-state index >= 15 is 0 Å². The Balaban J connectivity index is 2.16. The van der Waals surface area contributed by atoms with Crippen LogP contribution in [0, 0.1) is 5.21 Å². The molecule has 0 saturated heterocycles. The van der Waals surface area contributed by atoms with Crippen LogP contribution in [0.25, 0.3) is 0 Å². The minimum Gasteiger partial charge on any atom is -0.624 e. The molecule has 1 aromatic carbocycles. The van der Waals surface area contributed by atoms with Crippen LogP contribution in [0.5, 0.6) is 11.5 Å². The summed E-state index contributed by atoms with van der Waals surface area (Å²) in [5, 5.41) is 12.1. The summed E-state index contributed by atoms with van der Waals surface area (Å²) < 4.78 is 11.5. The first kappa shape index (κ1) is 13.7. The number of rotatable bonds is 4. The lowest BCUT2D eigenvalue weighted by atomic mass is 9.96. The zero-order chi connectivity index (χ0) is 13.7. The van der Waals surface area contributed by atoms with Crippen LogP contribution in [-0.2, 0) is 0 Å². The second-order valence-electron chi connectivity index (χ2n) is 4.90. The molecule has 1 aliphatic carbocycles. The number of nitrogens with zero attached hydrogens (tertiary/aromatic N) is 1. The van der Waals surface area contributed by atoms with Crippen LogP contribution >= 0.6 is 0 Å². The molecule has 1 aromatic rings. The Morgan fingerprint density at radius 2 is 1.79 bits per heavy atom. The smallest absolute Gasteiger partial charge is 0.182 e. The highest BCUT2D eigenvalue weighted by molar-refractivity contribution is 5.77. The summed E-state index contributed by atoms with van der Waals surface area (Å²) in [5.41, 5.74) is 0.846. The lowest BCUT2D eigenvalue weighted by molar-refractivity contribution is -0.500. The largest absolute Gasteiger partial charge is 0.624 e. The number of hydrogen-bond donors (Lipinski definition) is 0. The van der Waals surface area contributed by atoms with E-state index in [-0.39, 0.29) is 6.04 Å². The van der Waals surface area contributed by atoms with Gasteiger partial charge in [0.15, 0.2) is 23.8 Å². The summed E-state index contributed by atoms with van der Waals surface area (Å²) in [6, 6.07) is 5.64. The maximum Gasteiger partial charge on any atom is 0.182 e. The van der Waals surface area contributed by atoms with Gasteiger partial charge in [0.2, 0.25) is 0 Å². The molecular weight excluding hydrogens is 242 g/mol. The van der Waals surface area contributed by atoms with E-state index in [1.165, 1.54) is 6.42 Å². The van der Waals surface area contributed by atoms with Crippen LogP contribution in [-0.4, -0.2) is 31.2 Å². The Morgan fingerprint density at radius 1 is 1.11 bits per heavy atom. The van der Waals surface area contributed by atoms with Crippen LogP contribution in [0.4, 0.5) is 0 Å². The summed E-state index contributed by atoms with van der Waals surface area (Å²) in [5.74, 6) is 1.32. The zero-order valence-corrected chi connectivity index (χ0v) is 11.6. The maximum absolute atomic E-state index is 12.1. The molecule has 1 fully saturated rings. The summed E-state index contributed by atoms with van der Waals surface area (Å²) in [4.78, 5) is 0. The van der Waals surface area contributed by atoms with Gasteiger partial charge in [-0.3, -0.25) is 0 Å². The number of benzene rings is 1. The van der Waals surface area contributed by atoms with Crippen LogP contribution in [0.3, 0.4) is 0 Å². The zero-order valence-electron chi connectivity index (χ0n) is 11.6. The molecule has 0 aliphatic heterocycles. The summed E-state index contributed by atoms with van der Waals surface area (Å²) in [6.45, 7) is 0. The molecule has 0 radical (unpaired) electrons. The molecule has 1 saturated carbocycles.